The maximum absolute atomic E-state index is 14.3. The summed E-state index contributed by atoms with van der Waals surface area (Å²) in [7, 11) is 0. The van der Waals surface area contributed by atoms with Crippen molar-refractivity contribution < 1.29 is 13.9 Å². The lowest BCUT2D eigenvalue weighted by atomic mass is 9.93. The number of nitrogens with one attached hydrogen (secondary N) is 2. The molecule has 1 atom stereocenters. The second-order valence-corrected chi connectivity index (χ2v) is 7.75. The van der Waals surface area contributed by atoms with Crippen molar-refractivity contribution in [2.75, 3.05) is 19.7 Å². The van der Waals surface area contributed by atoms with E-state index in [1.54, 1.807) is 19.9 Å². The number of nitrogens with zero attached hydrogens (tertiary/aromatic N) is 1. The molecule has 1 aromatic carbocycles. The van der Waals surface area contributed by atoms with E-state index in [0.29, 0.717) is 30.8 Å². The van der Waals surface area contributed by atoms with Crippen LogP contribution in [0.25, 0.3) is 0 Å². The molecule has 1 aliphatic carbocycles. The predicted octanol–water partition coefficient (Wildman–Crippen LogP) is 3.36. The van der Waals surface area contributed by atoms with Crippen molar-refractivity contribution in [1.29, 1.82) is 0 Å². The summed E-state index contributed by atoms with van der Waals surface area (Å²) in [6.07, 6.45) is 2.33. The Kier molecular flexibility index (Phi) is 9.46. The molecule has 8 heteroatoms. The van der Waals surface area contributed by atoms with Crippen LogP contribution in [0.3, 0.4) is 0 Å². The van der Waals surface area contributed by atoms with Gasteiger partial charge in [-0.1, -0.05) is 6.07 Å². The first-order valence-electron chi connectivity index (χ1n) is 9.50. The third kappa shape index (κ3) is 7.44. The van der Waals surface area contributed by atoms with Gasteiger partial charge in [-0.25, -0.2) is 4.39 Å². The van der Waals surface area contributed by atoms with E-state index in [0.717, 1.165) is 5.56 Å². The van der Waals surface area contributed by atoms with E-state index < -0.39 is 11.3 Å². The van der Waals surface area contributed by atoms with Crippen LogP contribution in [-0.4, -0.2) is 31.6 Å². The number of carbonyl (C=O) groups is 1. The Balaban J connectivity index is 0.00000392. The first-order valence-corrected chi connectivity index (χ1v) is 9.50. The average molecular weight is 506 g/mol. The summed E-state index contributed by atoms with van der Waals surface area (Å²) in [5.74, 6) is 0.654. The van der Waals surface area contributed by atoms with Gasteiger partial charge in [-0.05, 0) is 64.2 Å². The number of nitrogens with two attached hydrogens (primary N) is 1. The SMILES string of the molecule is CCNC(=NCC(C)(C)C(N)=O)NC(C)c1ccc(OCC2CC2)c(F)c1.I. The van der Waals surface area contributed by atoms with Crippen LogP contribution in [0, 0.1) is 17.2 Å². The van der Waals surface area contributed by atoms with Gasteiger partial charge in [0.1, 0.15) is 0 Å². The molecule has 0 aliphatic heterocycles. The number of rotatable bonds is 9. The summed E-state index contributed by atoms with van der Waals surface area (Å²) in [5, 5.41) is 6.36. The molecule has 1 amide bonds. The topological polar surface area (TPSA) is 88.7 Å². The second kappa shape index (κ2) is 10.8. The van der Waals surface area contributed by atoms with Gasteiger partial charge >= 0.3 is 0 Å². The van der Waals surface area contributed by atoms with Crippen LogP contribution < -0.4 is 21.1 Å². The molecule has 0 bridgehead atoms. The van der Waals surface area contributed by atoms with E-state index in [-0.39, 0.29) is 42.4 Å². The molecule has 1 aliphatic rings. The number of benzene rings is 1. The maximum Gasteiger partial charge on any atom is 0.224 e. The standard InChI is InChI=1S/C20H31FN4O2.HI/c1-5-23-19(24-12-20(3,4)18(22)26)25-13(2)15-8-9-17(16(21)10-15)27-11-14-6-7-14;/h8-10,13-14H,5-7,11-12H2,1-4H3,(H2,22,26)(H2,23,24,25);1H. The molecule has 1 unspecified atom stereocenters. The van der Waals surface area contributed by atoms with Crippen molar-refractivity contribution in [3.63, 3.8) is 0 Å². The number of aliphatic imine (C=N–C) groups is 1. The van der Waals surface area contributed by atoms with Crippen molar-refractivity contribution in [3.8, 4) is 5.75 Å². The highest BCUT2D eigenvalue weighted by atomic mass is 127. The highest BCUT2D eigenvalue weighted by Gasteiger charge is 2.25. The van der Waals surface area contributed by atoms with Crippen molar-refractivity contribution in [2.24, 2.45) is 22.1 Å². The Bertz CT molecular complexity index is 693. The lowest BCUT2D eigenvalue weighted by molar-refractivity contribution is -0.125. The minimum Gasteiger partial charge on any atom is -0.490 e. The second-order valence-electron chi connectivity index (χ2n) is 7.75. The molecule has 1 fully saturated rings. The van der Waals surface area contributed by atoms with Crippen molar-refractivity contribution >= 4 is 35.8 Å². The number of halogens is 2. The first-order chi connectivity index (χ1) is 12.7. The number of primary amides is 1. The number of amides is 1. The zero-order chi connectivity index (χ0) is 20.0. The molecule has 1 saturated carbocycles. The monoisotopic (exact) mass is 506 g/mol. The van der Waals surface area contributed by atoms with Gasteiger partial charge in [0, 0.05) is 6.54 Å². The average Bonchev–Trinajstić information content (AvgIpc) is 3.43. The molecule has 28 heavy (non-hydrogen) atoms. The Morgan fingerprint density at radius 3 is 2.64 bits per heavy atom. The molecule has 1 aromatic rings. The van der Waals surface area contributed by atoms with E-state index in [1.165, 1.54) is 18.9 Å². The molecule has 0 heterocycles. The molecule has 2 rings (SSSR count). The predicted molar refractivity (Wildman–Crippen MR) is 121 cm³/mol. The van der Waals surface area contributed by atoms with Gasteiger partial charge in [-0.2, -0.15) is 0 Å². The third-order valence-corrected chi connectivity index (χ3v) is 4.62. The fourth-order valence-corrected chi connectivity index (χ4v) is 2.36. The van der Waals surface area contributed by atoms with Crippen LogP contribution in [-0.2, 0) is 4.79 Å². The lowest BCUT2D eigenvalue weighted by Crippen LogP contribution is -2.41. The molecule has 158 valence electrons. The van der Waals surface area contributed by atoms with Crippen LogP contribution in [0.15, 0.2) is 23.2 Å². The molecular weight excluding hydrogens is 474 g/mol. The van der Waals surface area contributed by atoms with Crippen molar-refractivity contribution in [1.82, 2.24) is 10.6 Å². The fourth-order valence-electron chi connectivity index (χ4n) is 2.36. The molecule has 0 spiro atoms. The third-order valence-electron chi connectivity index (χ3n) is 4.62. The lowest BCUT2D eigenvalue weighted by Gasteiger charge is -2.21. The summed E-state index contributed by atoms with van der Waals surface area (Å²) in [6, 6.07) is 4.83. The van der Waals surface area contributed by atoms with E-state index in [4.69, 9.17) is 10.5 Å². The summed E-state index contributed by atoms with van der Waals surface area (Å²) in [6.45, 7) is 8.88. The number of ether oxygens (including phenoxy) is 1. The molecule has 0 aromatic heterocycles. The van der Waals surface area contributed by atoms with Gasteiger partial charge in [0.15, 0.2) is 17.5 Å². The van der Waals surface area contributed by atoms with Crippen LogP contribution >= 0.6 is 24.0 Å². The zero-order valence-corrected chi connectivity index (χ0v) is 19.4. The smallest absolute Gasteiger partial charge is 0.224 e. The Morgan fingerprint density at radius 1 is 1.43 bits per heavy atom. The summed E-state index contributed by atoms with van der Waals surface area (Å²) in [4.78, 5) is 15.9. The Hall–Kier alpha value is -1.58. The van der Waals surface area contributed by atoms with Gasteiger partial charge in [0.05, 0.1) is 24.6 Å². The highest BCUT2D eigenvalue weighted by Crippen LogP contribution is 2.30. The van der Waals surface area contributed by atoms with Gasteiger partial charge in [0.25, 0.3) is 0 Å². The fraction of sp³-hybridized carbons (Fsp3) is 0.600. The van der Waals surface area contributed by atoms with E-state index in [9.17, 15) is 9.18 Å². The van der Waals surface area contributed by atoms with Crippen molar-refractivity contribution in [2.45, 2.75) is 46.6 Å². The minimum absolute atomic E-state index is 0. The minimum atomic E-state index is -0.738. The maximum atomic E-state index is 14.3. The number of hydrogen-bond donors (Lipinski definition) is 3. The zero-order valence-electron chi connectivity index (χ0n) is 17.0. The number of hydrogen-bond acceptors (Lipinski definition) is 3. The summed E-state index contributed by atoms with van der Waals surface area (Å²) >= 11 is 0. The van der Waals surface area contributed by atoms with Crippen LogP contribution in [0.1, 0.15) is 52.1 Å². The normalized spacial score (nSPS) is 15.4. The molecule has 0 saturated heterocycles. The molecule has 6 nitrogen and oxygen atoms in total. The highest BCUT2D eigenvalue weighted by molar-refractivity contribution is 14.0. The largest absolute Gasteiger partial charge is 0.490 e. The van der Waals surface area contributed by atoms with Crippen LogP contribution in [0.5, 0.6) is 5.75 Å². The van der Waals surface area contributed by atoms with E-state index in [2.05, 4.69) is 15.6 Å². The van der Waals surface area contributed by atoms with Crippen molar-refractivity contribution in [3.05, 3.63) is 29.6 Å². The van der Waals surface area contributed by atoms with E-state index >= 15 is 0 Å². The van der Waals surface area contributed by atoms with E-state index in [1.807, 2.05) is 19.9 Å². The molecular formula is C20H32FIN4O2. The van der Waals surface area contributed by atoms with Gasteiger partial charge in [-0.15, -0.1) is 24.0 Å². The summed E-state index contributed by atoms with van der Waals surface area (Å²) < 4.78 is 19.8. The van der Waals surface area contributed by atoms with Crippen LogP contribution in [0.2, 0.25) is 0 Å². The van der Waals surface area contributed by atoms with Crippen LogP contribution in [0.4, 0.5) is 4.39 Å². The Morgan fingerprint density at radius 2 is 2.11 bits per heavy atom. The molecule has 0 radical (unpaired) electrons. The summed E-state index contributed by atoms with van der Waals surface area (Å²) in [5.41, 5.74) is 5.44. The van der Waals surface area contributed by atoms with Gasteiger partial charge < -0.3 is 21.1 Å². The van der Waals surface area contributed by atoms with Gasteiger partial charge in [0.2, 0.25) is 5.91 Å². The molecule has 4 N–H and O–H groups in total. The number of carbonyl (C=O) groups excluding carboxylic acids is 1. The number of guanidine groups is 1. The Labute approximate surface area is 183 Å². The van der Waals surface area contributed by atoms with Gasteiger partial charge in [-0.3, -0.25) is 9.79 Å². The first kappa shape index (κ1) is 24.5. The quantitative estimate of drug-likeness (QED) is 0.272.